The zero-order valence-corrected chi connectivity index (χ0v) is 25.8. The highest BCUT2D eigenvalue weighted by atomic mass is 16.4. The van der Waals surface area contributed by atoms with E-state index in [0.717, 1.165) is 38.9 Å². The Balaban J connectivity index is 1.40. The van der Waals surface area contributed by atoms with Crippen molar-refractivity contribution in [1.82, 2.24) is 9.88 Å². The van der Waals surface area contributed by atoms with Gasteiger partial charge in [-0.25, -0.2) is 4.79 Å². The quantitative estimate of drug-likeness (QED) is 0.185. The van der Waals surface area contributed by atoms with E-state index in [1.165, 1.54) is 5.56 Å². The summed E-state index contributed by atoms with van der Waals surface area (Å²) < 4.78 is 2.28. The number of hydrogen-bond donors (Lipinski definition) is 2. The van der Waals surface area contributed by atoms with Gasteiger partial charge in [-0.3, -0.25) is 4.79 Å². The van der Waals surface area contributed by atoms with Crippen molar-refractivity contribution >= 4 is 22.8 Å². The summed E-state index contributed by atoms with van der Waals surface area (Å²) in [6, 6.07) is 29.6. The van der Waals surface area contributed by atoms with Gasteiger partial charge in [-0.15, -0.1) is 0 Å². The van der Waals surface area contributed by atoms with Crippen LogP contribution in [0.5, 0.6) is 0 Å². The number of carbonyl (C=O) groups is 2. The van der Waals surface area contributed by atoms with Crippen LogP contribution in [0.3, 0.4) is 0 Å². The minimum atomic E-state index is -0.933. The van der Waals surface area contributed by atoms with Crippen molar-refractivity contribution in [2.45, 2.75) is 60.0 Å². The molecule has 0 saturated heterocycles. The maximum absolute atomic E-state index is 13.5. The zero-order chi connectivity index (χ0) is 30.8. The monoisotopic (exact) mass is 572 g/mol. The molecular weight excluding hydrogens is 532 g/mol. The number of fused-ring (bicyclic) bond motifs is 1. The molecule has 1 amide bonds. The molecule has 0 radical (unpaired) electrons. The van der Waals surface area contributed by atoms with Crippen molar-refractivity contribution in [3.8, 4) is 11.1 Å². The van der Waals surface area contributed by atoms with Crippen LogP contribution in [0.25, 0.3) is 22.0 Å². The van der Waals surface area contributed by atoms with E-state index in [2.05, 4.69) is 87.8 Å². The summed E-state index contributed by atoms with van der Waals surface area (Å²) in [7, 11) is 0. The van der Waals surface area contributed by atoms with Gasteiger partial charge < -0.3 is 15.0 Å². The zero-order valence-electron chi connectivity index (χ0n) is 25.8. The second-order valence-electron chi connectivity index (χ2n) is 12.1. The van der Waals surface area contributed by atoms with Crippen LogP contribution in [-0.4, -0.2) is 21.6 Å². The van der Waals surface area contributed by atoms with E-state index in [-0.39, 0.29) is 17.9 Å². The van der Waals surface area contributed by atoms with E-state index in [1.807, 2.05) is 42.5 Å². The summed E-state index contributed by atoms with van der Waals surface area (Å²) in [6.07, 6.45) is 0. The Hall–Kier alpha value is -4.64. The predicted molar refractivity (Wildman–Crippen MR) is 175 cm³/mol. The molecule has 1 aromatic heterocycles. The number of benzene rings is 4. The van der Waals surface area contributed by atoms with Crippen molar-refractivity contribution in [1.29, 1.82) is 0 Å². The molecule has 1 heterocycles. The van der Waals surface area contributed by atoms with Gasteiger partial charge in [-0.05, 0) is 83.3 Å². The second kappa shape index (κ2) is 12.3. The maximum Gasteiger partial charge on any atom is 0.336 e. The first-order valence-corrected chi connectivity index (χ1v) is 15.0. The highest BCUT2D eigenvalue weighted by molar-refractivity contribution is 5.99. The lowest BCUT2D eigenvalue weighted by Gasteiger charge is -2.24. The number of carboxylic acid groups (broad SMARTS) is 1. The van der Waals surface area contributed by atoms with Gasteiger partial charge in [0.1, 0.15) is 0 Å². The molecule has 5 nitrogen and oxygen atoms in total. The molecule has 0 saturated carbocycles. The molecule has 220 valence electrons. The van der Waals surface area contributed by atoms with E-state index < -0.39 is 5.97 Å². The summed E-state index contributed by atoms with van der Waals surface area (Å²) in [6.45, 7) is 13.5. The Bertz CT molecular complexity index is 1790. The Morgan fingerprint density at radius 3 is 2.19 bits per heavy atom. The van der Waals surface area contributed by atoms with Gasteiger partial charge in [0.15, 0.2) is 0 Å². The third-order valence-electron chi connectivity index (χ3n) is 8.55. The number of aryl methyl sites for hydroxylation is 1. The third kappa shape index (κ3) is 6.12. The van der Waals surface area contributed by atoms with E-state index in [4.69, 9.17) is 0 Å². The normalized spacial score (nSPS) is 12.2. The topological polar surface area (TPSA) is 71.3 Å². The first-order valence-electron chi connectivity index (χ1n) is 15.0. The number of rotatable bonds is 9. The SMILES string of the molecule is Cc1c(C)n(Cc2ccc(-c3ccccc3C(=O)O)cc2)c2ccc(C(=O)N[C@@H](c3cccc(C(C)C)c3)C(C)C)cc12. The van der Waals surface area contributed by atoms with E-state index in [9.17, 15) is 14.7 Å². The van der Waals surface area contributed by atoms with Crippen LogP contribution in [0.1, 0.15) is 88.3 Å². The van der Waals surface area contributed by atoms with Gasteiger partial charge in [0.05, 0.1) is 11.6 Å². The fraction of sp³-hybridized carbons (Fsp3) is 0.263. The molecule has 0 fully saturated rings. The van der Waals surface area contributed by atoms with Gasteiger partial charge in [0.25, 0.3) is 5.91 Å². The molecule has 0 spiro atoms. The third-order valence-corrected chi connectivity index (χ3v) is 8.55. The number of aromatic nitrogens is 1. The fourth-order valence-electron chi connectivity index (χ4n) is 5.86. The first kappa shape index (κ1) is 29.8. The van der Waals surface area contributed by atoms with E-state index >= 15 is 0 Å². The predicted octanol–water partition coefficient (Wildman–Crippen LogP) is 8.92. The van der Waals surface area contributed by atoms with Crippen molar-refractivity contribution < 1.29 is 14.7 Å². The summed E-state index contributed by atoms with van der Waals surface area (Å²) in [4.78, 5) is 25.2. The number of amides is 1. The number of nitrogens with one attached hydrogen (secondary N) is 1. The van der Waals surface area contributed by atoms with Gasteiger partial charge >= 0.3 is 5.97 Å². The van der Waals surface area contributed by atoms with Crippen LogP contribution in [0.4, 0.5) is 0 Å². The summed E-state index contributed by atoms with van der Waals surface area (Å²) in [5.74, 6) is -0.341. The first-order chi connectivity index (χ1) is 20.5. The van der Waals surface area contributed by atoms with E-state index in [0.29, 0.717) is 29.2 Å². The summed E-state index contributed by atoms with van der Waals surface area (Å²) >= 11 is 0. The Labute approximate surface area is 254 Å². The number of nitrogens with zero attached hydrogens (tertiary/aromatic N) is 1. The summed E-state index contributed by atoms with van der Waals surface area (Å²) in [5.41, 5.74) is 9.43. The molecule has 0 unspecified atom stereocenters. The molecule has 5 aromatic rings. The Morgan fingerprint density at radius 1 is 0.814 bits per heavy atom. The fourth-order valence-corrected chi connectivity index (χ4v) is 5.86. The minimum absolute atomic E-state index is 0.0717. The smallest absolute Gasteiger partial charge is 0.336 e. The Kier molecular flexibility index (Phi) is 8.54. The van der Waals surface area contributed by atoms with Crippen molar-refractivity contribution in [3.05, 3.63) is 130 Å². The van der Waals surface area contributed by atoms with Crippen molar-refractivity contribution in [3.63, 3.8) is 0 Å². The van der Waals surface area contributed by atoms with Gasteiger partial charge in [-0.1, -0.05) is 94.4 Å². The maximum atomic E-state index is 13.5. The molecule has 1 atom stereocenters. The summed E-state index contributed by atoms with van der Waals surface area (Å²) in [5, 5.41) is 14.0. The second-order valence-corrected chi connectivity index (χ2v) is 12.1. The molecule has 0 aliphatic carbocycles. The average Bonchev–Trinajstić information content (AvgIpc) is 3.24. The molecule has 43 heavy (non-hydrogen) atoms. The van der Waals surface area contributed by atoms with Gasteiger partial charge in [-0.2, -0.15) is 0 Å². The molecule has 0 bridgehead atoms. The average molecular weight is 573 g/mol. The van der Waals surface area contributed by atoms with Crippen LogP contribution < -0.4 is 5.32 Å². The lowest BCUT2D eigenvalue weighted by atomic mass is 9.92. The largest absolute Gasteiger partial charge is 0.478 e. The van der Waals surface area contributed by atoms with Crippen molar-refractivity contribution in [2.24, 2.45) is 5.92 Å². The molecular formula is C38H40N2O3. The Morgan fingerprint density at radius 2 is 1.51 bits per heavy atom. The highest BCUT2D eigenvalue weighted by Crippen LogP contribution is 2.30. The van der Waals surface area contributed by atoms with Crippen LogP contribution in [-0.2, 0) is 6.54 Å². The molecule has 2 N–H and O–H groups in total. The van der Waals surface area contributed by atoms with Crippen LogP contribution in [0, 0.1) is 19.8 Å². The standard InChI is InChI=1S/C38H40N2O3/c1-23(2)29-10-9-11-30(20-29)36(24(3)4)39-37(41)31-18-19-35-34(21-31)25(5)26(6)40(35)22-27-14-16-28(17-15-27)32-12-7-8-13-33(32)38(42)43/h7-21,23-24,36H,22H2,1-6H3,(H,39,41)(H,42,43)/t36-/m1/s1. The molecule has 5 heteroatoms. The molecule has 0 aliphatic rings. The van der Waals surface area contributed by atoms with E-state index in [1.54, 1.807) is 12.1 Å². The highest BCUT2D eigenvalue weighted by Gasteiger charge is 2.21. The lowest BCUT2D eigenvalue weighted by Crippen LogP contribution is -2.31. The molecule has 0 aliphatic heterocycles. The number of carbonyl (C=O) groups excluding carboxylic acids is 1. The van der Waals surface area contributed by atoms with Crippen LogP contribution in [0.15, 0.2) is 91.0 Å². The lowest BCUT2D eigenvalue weighted by molar-refractivity contribution is 0.0697. The van der Waals surface area contributed by atoms with Crippen molar-refractivity contribution in [2.75, 3.05) is 0 Å². The number of carboxylic acids is 1. The van der Waals surface area contributed by atoms with Crippen LogP contribution in [0.2, 0.25) is 0 Å². The molecule has 4 aromatic carbocycles. The number of aromatic carboxylic acids is 1. The van der Waals surface area contributed by atoms with Gasteiger partial charge in [0.2, 0.25) is 0 Å². The number of hydrogen-bond acceptors (Lipinski definition) is 2. The van der Waals surface area contributed by atoms with Gasteiger partial charge in [0, 0.05) is 28.7 Å². The molecule has 5 rings (SSSR count). The van der Waals surface area contributed by atoms with Crippen LogP contribution >= 0.6 is 0 Å². The minimum Gasteiger partial charge on any atom is -0.478 e.